The molecule has 1 aromatic rings. The van der Waals surface area contributed by atoms with Crippen molar-refractivity contribution in [1.82, 2.24) is 4.90 Å². The summed E-state index contributed by atoms with van der Waals surface area (Å²) in [6, 6.07) is 10.0. The number of hydrogen-bond donors (Lipinski definition) is 1. The van der Waals surface area contributed by atoms with Gasteiger partial charge in [-0.05, 0) is 36.9 Å². The first-order chi connectivity index (χ1) is 10.5. The highest BCUT2D eigenvalue weighted by Gasteiger charge is 2.39. The molecule has 3 rings (SSSR count). The highest BCUT2D eigenvalue weighted by Crippen LogP contribution is 2.42. The lowest BCUT2D eigenvalue weighted by Crippen LogP contribution is -2.35. The normalized spacial score (nSPS) is 23.8. The van der Waals surface area contributed by atoms with Crippen molar-refractivity contribution in [3.05, 3.63) is 47.2 Å². The van der Waals surface area contributed by atoms with E-state index in [9.17, 15) is 9.90 Å². The van der Waals surface area contributed by atoms with Gasteiger partial charge in [0, 0.05) is 12.8 Å². The molecule has 0 aromatic heterocycles. The summed E-state index contributed by atoms with van der Waals surface area (Å²) in [6.45, 7) is 6.08. The summed E-state index contributed by atoms with van der Waals surface area (Å²) in [5, 5.41) is 10.6. The summed E-state index contributed by atoms with van der Waals surface area (Å²) in [7, 11) is 0. The van der Waals surface area contributed by atoms with E-state index in [1.807, 2.05) is 32.0 Å². The second-order valence-corrected chi connectivity index (χ2v) is 7.36. The molecule has 0 amide bonds. The second-order valence-electron chi connectivity index (χ2n) is 7.36. The number of aliphatic hydroxyl groups is 1. The van der Waals surface area contributed by atoms with Crippen LogP contribution in [0.25, 0.3) is 0 Å². The predicted octanol–water partition coefficient (Wildman–Crippen LogP) is 4.02. The molecule has 0 radical (unpaired) electrons. The van der Waals surface area contributed by atoms with Crippen molar-refractivity contribution in [2.75, 3.05) is 13.1 Å². The molecule has 0 spiro atoms. The molecule has 2 aliphatic rings. The van der Waals surface area contributed by atoms with Gasteiger partial charge in [-0.25, -0.2) is 0 Å². The van der Waals surface area contributed by atoms with E-state index in [1.165, 1.54) is 0 Å². The van der Waals surface area contributed by atoms with E-state index >= 15 is 0 Å². The van der Waals surface area contributed by atoms with Gasteiger partial charge in [0.25, 0.3) is 0 Å². The van der Waals surface area contributed by atoms with Gasteiger partial charge in [0.1, 0.15) is 5.76 Å². The highest BCUT2D eigenvalue weighted by atomic mass is 16.3. The Balaban J connectivity index is 2.04. The first-order valence-corrected chi connectivity index (χ1v) is 8.22. The molecule has 3 heteroatoms. The van der Waals surface area contributed by atoms with Crippen LogP contribution in [0.3, 0.4) is 0 Å². The lowest BCUT2D eigenvalue weighted by molar-refractivity contribution is -0.119. The van der Waals surface area contributed by atoms with Crippen LogP contribution in [-0.2, 0) is 4.79 Å². The summed E-state index contributed by atoms with van der Waals surface area (Å²) in [5.74, 6) is 0.400. The zero-order chi connectivity index (χ0) is 15.7. The molecule has 1 aliphatic carbocycles. The van der Waals surface area contributed by atoms with Crippen LogP contribution in [0.4, 0.5) is 0 Å². The maximum Gasteiger partial charge on any atom is 0.164 e. The number of hydrogen-bond acceptors (Lipinski definition) is 3. The molecule has 22 heavy (non-hydrogen) atoms. The Hall–Kier alpha value is -1.61. The van der Waals surface area contributed by atoms with Crippen LogP contribution in [0.15, 0.2) is 41.7 Å². The average molecular weight is 299 g/mol. The molecule has 1 fully saturated rings. The largest absolute Gasteiger partial charge is 0.512 e. The summed E-state index contributed by atoms with van der Waals surface area (Å²) in [4.78, 5) is 15.1. The Bertz CT molecular complexity index is 583. The third kappa shape index (κ3) is 2.95. The number of carbonyl (C=O) groups excluding carboxylic acids is 1. The maximum atomic E-state index is 12.7. The monoisotopic (exact) mass is 299 g/mol. The number of rotatable bonds is 3. The van der Waals surface area contributed by atoms with Gasteiger partial charge in [0.15, 0.2) is 5.78 Å². The summed E-state index contributed by atoms with van der Waals surface area (Å²) < 4.78 is 0. The van der Waals surface area contributed by atoms with E-state index in [1.54, 1.807) is 0 Å². The van der Waals surface area contributed by atoms with E-state index in [0.717, 1.165) is 31.5 Å². The fourth-order valence-electron chi connectivity index (χ4n) is 3.81. The Morgan fingerprint density at radius 2 is 1.73 bits per heavy atom. The SMILES string of the molecule is CC1(C)CC(=O)C(C(c2ccccc2)N2CCCC2)=C(O)C1. The van der Waals surface area contributed by atoms with Crippen LogP contribution in [0.2, 0.25) is 0 Å². The van der Waals surface area contributed by atoms with Gasteiger partial charge in [-0.1, -0.05) is 44.2 Å². The van der Waals surface area contributed by atoms with Gasteiger partial charge < -0.3 is 5.11 Å². The lowest BCUT2D eigenvalue weighted by atomic mass is 9.74. The maximum absolute atomic E-state index is 12.7. The fraction of sp³-hybridized carbons (Fsp3) is 0.526. The van der Waals surface area contributed by atoms with Crippen molar-refractivity contribution in [2.24, 2.45) is 5.41 Å². The van der Waals surface area contributed by atoms with Crippen molar-refractivity contribution < 1.29 is 9.90 Å². The Morgan fingerprint density at radius 1 is 1.09 bits per heavy atom. The molecular formula is C19H25NO2. The van der Waals surface area contributed by atoms with Crippen molar-refractivity contribution in [3.8, 4) is 0 Å². The summed E-state index contributed by atoms with van der Waals surface area (Å²) in [6.07, 6.45) is 3.43. The highest BCUT2D eigenvalue weighted by molar-refractivity contribution is 5.98. The third-order valence-corrected chi connectivity index (χ3v) is 4.79. The molecule has 118 valence electrons. The van der Waals surface area contributed by atoms with Crippen LogP contribution in [-0.4, -0.2) is 28.9 Å². The van der Waals surface area contributed by atoms with Crippen molar-refractivity contribution >= 4 is 5.78 Å². The van der Waals surface area contributed by atoms with E-state index in [4.69, 9.17) is 0 Å². The molecule has 1 aromatic carbocycles. The van der Waals surface area contributed by atoms with Gasteiger partial charge in [0.05, 0.1) is 11.6 Å². The third-order valence-electron chi connectivity index (χ3n) is 4.79. The van der Waals surface area contributed by atoms with Gasteiger partial charge in [-0.3, -0.25) is 9.69 Å². The molecule has 0 bridgehead atoms. The molecule has 1 aliphatic heterocycles. The lowest BCUT2D eigenvalue weighted by Gasteiger charge is -2.36. The van der Waals surface area contributed by atoms with Crippen LogP contribution < -0.4 is 0 Å². The summed E-state index contributed by atoms with van der Waals surface area (Å²) in [5.41, 5.74) is 1.60. The standard InChI is InChI=1S/C19H25NO2/c1-19(2)12-15(21)17(16(22)13-19)18(20-10-6-7-11-20)14-8-4-3-5-9-14/h3-5,8-9,18,21H,6-7,10-13H2,1-2H3. The van der Waals surface area contributed by atoms with E-state index in [2.05, 4.69) is 17.0 Å². The van der Waals surface area contributed by atoms with Crippen molar-refractivity contribution in [1.29, 1.82) is 0 Å². The molecule has 3 nitrogen and oxygen atoms in total. The van der Waals surface area contributed by atoms with E-state index < -0.39 is 0 Å². The quantitative estimate of drug-likeness (QED) is 0.916. The number of benzene rings is 1. The van der Waals surface area contributed by atoms with Crippen LogP contribution in [0, 0.1) is 5.41 Å². The van der Waals surface area contributed by atoms with Crippen LogP contribution in [0.5, 0.6) is 0 Å². The number of allylic oxidation sites excluding steroid dienone is 1. The number of likely N-dealkylation sites (tertiary alicyclic amines) is 1. The molecule has 1 saturated heterocycles. The topological polar surface area (TPSA) is 40.5 Å². The number of ketones is 1. The second kappa shape index (κ2) is 5.88. The first-order valence-electron chi connectivity index (χ1n) is 8.22. The zero-order valence-electron chi connectivity index (χ0n) is 13.5. The molecule has 0 saturated carbocycles. The van der Waals surface area contributed by atoms with Crippen LogP contribution >= 0.6 is 0 Å². The van der Waals surface area contributed by atoms with E-state index in [0.29, 0.717) is 24.2 Å². The number of Topliss-reactive ketones (excluding diaryl/α,β-unsaturated/α-hetero) is 1. The van der Waals surface area contributed by atoms with Crippen molar-refractivity contribution in [3.63, 3.8) is 0 Å². The minimum Gasteiger partial charge on any atom is -0.512 e. The molecule has 1 N–H and O–H groups in total. The Labute approximate surface area is 132 Å². The van der Waals surface area contributed by atoms with Gasteiger partial charge in [-0.2, -0.15) is 0 Å². The fourth-order valence-corrected chi connectivity index (χ4v) is 3.81. The van der Waals surface area contributed by atoms with Gasteiger partial charge in [0.2, 0.25) is 0 Å². The zero-order valence-corrected chi connectivity index (χ0v) is 13.5. The van der Waals surface area contributed by atoms with Gasteiger partial charge >= 0.3 is 0 Å². The van der Waals surface area contributed by atoms with E-state index in [-0.39, 0.29) is 17.2 Å². The van der Waals surface area contributed by atoms with Gasteiger partial charge in [-0.15, -0.1) is 0 Å². The first kappa shape index (κ1) is 15.3. The minimum absolute atomic E-state index is 0.0905. The van der Waals surface area contributed by atoms with Crippen LogP contribution in [0.1, 0.15) is 51.1 Å². The van der Waals surface area contributed by atoms with Crippen molar-refractivity contribution in [2.45, 2.75) is 45.6 Å². The molecule has 1 atom stereocenters. The number of aliphatic hydroxyl groups excluding tert-OH is 1. The molecule has 1 unspecified atom stereocenters. The molecular weight excluding hydrogens is 274 g/mol. The average Bonchev–Trinajstić information content (AvgIpc) is 2.96. The Kier molecular flexibility index (Phi) is 4.09. The smallest absolute Gasteiger partial charge is 0.164 e. The number of nitrogens with zero attached hydrogens (tertiary/aromatic N) is 1. The minimum atomic E-state index is -0.142. The summed E-state index contributed by atoms with van der Waals surface area (Å²) >= 11 is 0. The number of carbonyl (C=O) groups is 1. The molecule has 1 heterocycles. The Morgan fingerprint density at radius 3 is 2.32 bits per heavy atom. The predicted molar refractivity (Wildman–Crippen MR) is 87.7 cm³/mol.